The van der Waals surface area contributed by atoms with Crippen molar-refractivity contribution in [3.05, 3.63) is 0 Å². The molecule has 4 amide bonds. The van der Waals surface area contributed by atoms with Crippen LogP contribution in [0.4, 0.5) is 0 Å². The summed E-state index contributed by atoms with van der Waals surface area (Å²) in [6.07, 6.45) is -3.29. The van der Waals surface area contributed by atoms with Crippen LogP contribution in [-0.2, 0) is 24.0 Å². The first-order valence-corrected chi connectivity index (χ1v) is 9.22. The van der Waals surface area contributed by atoms with Crippen molar-refractivity contribution in [2.24, 2.45) is 17.4 Å². The zero-order valence-electron chi connectivity index (χ0n) is 17.3. The fourth-order valence-corrected chi connectivity index (χ4v) is 2.32. The minimum atomic E-state index is -1.69. The molecular weight excluding hydrogens is 402 g/mol. The highest BCUT2D eigenvalue weighted by molar-refractivity contribution is 5.96. The second kappa shape index (κ2) is 12.0. The van der Waals surface area contributed by atoms with E-state index in [0.29, 0.717) is 0 Å². The van der Waals surface area contributed by atoms with Gasteiger partial charge < -0.3 is 42.7 Å². The molecule has 13 heteroatoms. The first-order valence-electron chi connectivity index (χ1n) is 9.22. The molecule has 0 radical (unpaired) electrons. The average molecular weight is 433 g/mol. The largest absolute Gasteiger partial charge is 0.480 e. The molecule has 0 spiro atoms. The lowest BCUT2D eigenvalue weighted by atomic mass is 10.0. The van der Waals surface area contributed by atoms with Gasteiger partial charge in [-0.05, 0) is 19.8 Å². The third-order valence-electron chi connectivity index (χ3n) is 4.15. The Balaban J connectivity index is 5.47. The molecule has 30 heavy (non-hydrogen) atoms. The summed E-state index contributed by atoms with van der Waals surface area (Å²) in [6.45, 7) is 5.62. The number of hydrogen-bond acceptors (Lipinski definition) is 8. The minimum Gasteiger partial charge on any atom is -0.480 e. The number of carboxylic acids is 1. The second-order valence-corrected chi connectivity index (χ2v) is 7.29. The Hall–Kier alpha value is -2.77. The van der Waals surface area contributed by atoms with E-state index in [9.17, 15) is 34.2 Å². The third kappa shape index (κ3) is 8.71. The van der Waals surface area contributed by atoms with Crippen LogP contribution in [0.15, 0.2) is 0 Å². The maximum absolute atomic E-state index is 12.6. The molecular formula is C17H31N5O8. The van der Waals surface area contributed by atoms with Gasteiger partial charge in [-0.15, -0.1) is 0 Å². The van der Waals surface area contributed by atoms with Crippen LogP contribution < -0.4 is 27.4 Å². The molecule has 0 aliphatic carbocycles. The number of aliphatic hydroxyl groups is 2. The van der Waals surface area contributed by atoms with Gasteiger partial charge in [0.15, 0.2) is 6.04 Å². The summed E-state index contributed by atoms with van der Waals surface area (Å²) in [5, 5.41) is 34.6. The van der Waals surface area contributed by atoms with Gasteiger partial charge in [0.25, 0.3) is 0 Å². The van der Waals surface area contributed by atoms with E-state index in [2.05, 4.69) is 10.6 Å². The number of carboxylic acid groups (broad SMARTS) is 1. The van der Waals surface area contributed by atoms with E-state index in [-0.39, 0.29) is 0 Å². The summed E-state index contributed by atoms with van der Waals surface area (Å²) in [7, 11) is 0. The maximum atomic E-state index is 12.6. The number of carbonyl (C=O) groups is 5. The van der Waals surface area contributed by atoms with Crippen LogP contribution in [0.2, 0.25) is 0 Å². The number of aliphatic hydroxyl groups excluding tert-OH is 2. The molecule has 6 atom stereocenters. The summed E-state index contributed by atoms with van der Waals surface area (Å²) in [6, 6.07) is -5.72. The topological polar surface area (TPSA) is 234 Å². The summed E-state index contributed by atoms with van der Waals surface area (Å²) < 4.78 is 0. The van der Waals surface area contributed by atoms with Gasteiger partial charge in [0.05, 0.1) is 18.6 Å². The lowest BCUT2D eigenvalue weighted by molar-refractivity contribution is -0.145. The number of amides is 4. The predicted octanol–water partition coefficient (Wildman–Crippen LogP) is -3.85. The van der Waals surface area contributed by atoms with Crippen molar-refractivity contribution in [1.29, 1.82) is 0 Å². The highest BCUT2D eigenvalue weighted by atomic mass is 16.4. The van der Waals surface area contributed by atoms with Crippen molar-refractivity contribution < 1.29 is 39.3 Å². The van der Waals surface area contributed by atoms with E-state index < -0.39 is 78.3 Å². The maximum Gasteiger partial charge on any atom is 0.328 e. The number of nitrogens with two attached hydrogens (primary N) is 2. The van der Waals surface area contributed by atoms with Gasteiger partial charge in [-0.3, -0.25) is 19.2 Å². The zero-order valence-corrected chi connectivity index (χ0v) is 17.3. The van der Waals surface area contributed by atoms with E-state index in [1.807, 2.05) is 5.32 Å². The smallest absolute Gasteiger partial charge is 0.328 e. The lowest BCUT2D eigenvalue weighted by Gasteiger charge is -2.27. The van der Waals surface area contributed by atoms with Crippen molar-refractivity contribution in [2.75, 3.05) is 0 Å². The number of carbonyl (C=O) groups excluding carboxylic acids is 4. The Kier molecular flexibility index (Phi) is 10.9. The van der Waals surface area contributed by atoms with E-state index in [0.717, 1.165) is 6.92 Å². The lowest BCUT2D eigenvalue weighted by Crippen LogP contribution is -2.60. The Morgan fingerprint density at radius 1 is 0.800 bits per heavy atom. The summed E-state index contributed by atoms with van der Waals surface area (Å²) in [5.41, 5.74) is 10.6. The Morgan fingerprint density at radius 2 is 1.30 bits per heavy atom. The van der Waals surface area contributed by atoms with Crippen molar-refractivity contribution in [3.8, 4) is 0 Å². The van der Waals surface area contributed by atoms with Crippen molar-refractivity contribution in [1.82, 2.24) is 16.0 Å². The highest BCUT2D eigenvalue weighted by Crippen LogP contribution is 2.05. The van der Waals surface area contributed by atoms with Crippen LogP contribution in [0.5, 0.6) is 0 Å². The van der Waals surface area contributed by atoms with Gasteiger partial charge in [-0.2, -0.15) is 0 Å². The second-order valence-electron chi connectivity index (χ2n) is 7.29. The molecule has 0 fully saturated rings. The van der Waals surface area contributed by atoms with Crippen LogP contribution in [-0.4, -0.2) is 81.3 Å². The molecule has 172 valence electrons. The number of hydrogen-bond donors (Lipinski definition) is 8. The molecule has 13 nitrogen and oxygen atoms in total. The molecule has 0 aromatic heterocycles. The normalized spacial score (nSPS) is 17.1. The molecule has 0 heterocycles. The zero-order chi connectivity index (χ0) is 23.8. The van der Waals surface area contributed by atoms with Gasteiger partial charge in [0.1, 0.15) is 18.1 Å². The molecule has 0 aliphatic heterocycles. The Bertz CT molecular complexity index is 652. The monoisotopic (exact) mass is 433 g/mol. The number of nitrogens with one attached hydrogen (secondary N) is 3. The fourth-order valence-electron chi connectivity index (χ4n) is 2.32. The SMILES string of the molecule is CC(C)C(NC(=O)C(N)C(C)O)C(=O)NC(CC(N)=O)C(=O)NC(C(=O)O)C(C)O. The summed E-state index contributed by atoms with van der Waals surface area (Å²) in [4.78, 5) is 59.6. The fraction of sp³-hybridized carbons (Fsp3) is 0.706. The quantitative estimate of drug-likeness (QED) is 0.150. The molecule has 10 N–H and O–H groups in total. The first-order chi connectivity index (χ1) is 13.7. The Morgan fingerprint density at radius 3 is 1.67 bits per heavy atom. The number of rotatable bonds is 12. The summed E-state index contributed by atoms with van der Waals surface area (Å²) >= 11 is 0. The highest BCUT2D eigenvalue weighted by Gasteiger charge is 2.33. The summed E-state index contributed by atoms with van der Waals surface area (Å²) in [5.74, 6) is -5.69. The van der Waals surface area contributed by atoms with Gasteiger partial charge >= 0.3 is 5.97 Å². The molecule has 0 saturated heterocycles. The number of aliphatic carboxylic acids is 1. The van der Waals surface area contributed by atoms with E-state index in [1.165, 1.54) is 6.92 Å². The van der Waals surface area contributed by atoms with Gasteiger partial charge in [-0.1, -0.05) is 13.8 Å². The Labute approximate surface area is 173 Å². The standard InChI is InChI=1S/C17H31N5O8/c1-6(2)12(21-15(27)11(19)7(3)23)16(28)20-9(5-10(18)25)14(26)22-13(8(4)24)17(29)30/h6-9,11-13,23-24H,5,19H2,1-4H3,(H2,18,25)(H,20,28)(H,21,27)(H,22,26)(H,29,30). The molecule has 0 rings (SSSR count). The van der Waals surface area contributed by atoms with Crippen LogP contribution in [0.3, 0.4) is 0 Å². The molecule has 0 aromatic carbocycles. The first kappa shape index (κ1) is 27.2. The van der Waals surface area contributed by atoms with Crippen LogP contribution in [0.1, 0.15) is 34.1 Å². The molecule has 0 aliphatic rings. The molecule has 6 unspecified atom stereocenters. The molecule has 0 aromatic rings. The van der Waals surface area contributed by atoms with E-state index in [4.69, 9.17) is 16.6 Å². The average Bonchev–Trinajstić information content (AvgIpc) is 2.60. The van der Waals surface area contributed by atoms with Crippen molar-refractivity contribution >= 4 is 29.6 Å². The number of primary amides is 1. The van der Waals surface area contributed by atoms with Gasteiger partial charge in [0, 0.05) is 0 Å². The van der Waals surface area contributed by atoms with E-state index >= 15 is 0 Å². The van der Waals surface area contributed by atoms with E-state index in [1.54, 1.807) is 13.8 Å². The van der Waals surface area contributed by atoms with Crippen molar-refractivity contribution in [2.45, 2.75) is 70.5 Å². The van der Waals surface area contributed by atoms with Gasteiger partial charge in [-0.25, -0.2) is 4.79 Å². The van der Waals surface area contributed by atoms with Crippen LogP contribution in [0, 0.1) is 5.92 Å². The third-order valence-corrected chi connectivity index (χ3v) is 4.15. The predicted molar refractivity (Wildman–Crippen MR) is 103 cm³/mol. The van der Waals surface area contributed by atoms with Crippen LogP contribution in [0.25, 0.3) is 0 Å². The minimum absolute atomic E-state index is 0.475. The van der Waals surface area contributed by atoms with Crippen LogP contribution >= 0.6 is 0 Å². The molecule has 0 bridgehead atoms. The van der Waals surface area contributed by atoms with Crippen molar-refractivity contribution in [3.63, 3.8) is 0 Å². The molecule has 0 saturated carbocycles. The van der Waals surface area contributed by atoms with Gasteiger partial charge in [0.2, 0.25) is 23.6 Å².